The third kappa shape index (κ3) is 3.15. The van der Waals surface area contributed by atoms with Gasteiger partial charge in [0.15, 0.2) is 0 Å². The van der Waals surface area contributed by atoms with Crippen molar-refractivity contribution in [3.63, 3.8) is 0 Å². The number of hydrogen-bond acceptors (Lipinski definition) is 3. The Bertz CT molecular complexity index is 616. The van der Waals surface area contributed by atoms with E-state index in [1.807, 2.05) is 50.8 Å². The van der Waals surface area contributed by atoms with E-state index in [0.29, 0.717) is 11.4 Å². The van der Waals surface area contributed by atoms with Gasteiger partial charge in [0.1, 0.15) is 0 Å². The van der Waals surface area contributed by atoms with E-state index in [4.69, 9.17) is 20.9 Å². The van der Waals surface area contributed by atoms with E-state index < -0.39 is 18.3 Å². The second kappa shape index (κ2) is 5.80. The lowest BCUT2D eigenvalue weighted by Crippen LogP contribution is -2.41. The van der Waals surface area contributed by atoms with E-state index in [0.717, 1.165) is 30.5 Å². The predicted octanol–water partition coefficient (Wildman–Crippen LogP) is 3.16. The molecule has 2 saturated heterocycles. The normalized spacial score (nSPS) is 23.4. The maximum Gasteiger partial charge on any atom is 0.494 e. The van der Waals surface area contributed by atoms with Crippen LogP contribution < -0.4 is 10.4 Å². The van der Waals surface area contributed by atoms with Crippen LogP contribution in [0.5, 0.6) is 0 Å². The number of hydrogen-bond donors (Lipinski definition) is 0. The molecule has 0 spiro atoms. The van der Waals surface area contributed by atoms with Crippen LogP contribution in [-0.2, 0) is 14.1 Å². The lowest BCUT2D eigenvalue weighted by Gasteiger charge is -2.32. The predicted molar refractivity (Wildman–Crippen MR) is 93.4 cm³/mol. The molecule has 2 fully saturated rings. The van der Waals surface area contributed by atoms with E-state index in [1.54, 1.807) is 0 Å². The summed E-state index contributed by atoms with van der Waals surface area (Å²) in [6, 6.07) is 5.64. The van der Waals surface area contributed by atoms with Gasteiger partial charge in [-0.15, -0.1) is 0 Å². The Hall–Kier alpha value is -1.04. The summed E-state index contributed by atoms with van der Waals surface area (Å²) < 4.78 is 12.2. The van der Waals surface area contributed by atoms with Gasteiger partial charge in [0.2, 0.25) is 5.91 Å². The molecule has 0 unspecified atom stereocenters. The van der Waals surface area contributed by atoms with E-state index >= 15 is 0 Å². The molecule has 0 radical (unpaired) electrons. The van der Waals surface area contributed by atoms with Crippen LogP contribution in [0.2, 0.25) is 5.02 Å². The van der Waals surface area contributed by atoms with Crippen molar-refractivity contribution in [3.8, 4) is 0 Å². The molecule has 1 amide bonds. The van der Waals surface area contributed by atoms with E-state index in [1.165, 1.54) is 0 Å². The molecule has 2 aliphatic rings. The highest BCUT2D eigenvalue weighted by molar-refractivity contribution is 6.62. The van der Waals surface area contributed by atoms with Crippen LogP contribution in [0.1, 0.15) is 47.0 Å². The minimum absolute atomic E-state index is 0.151. The van der Waals surface area contributed by atoms with Crippen molar-refractivity contribution in [2.45, 2.75) is 58.2 Å². The number of benzene rings is 1. The Morgan fingerprint density at radius 3 is 2.35 bits per heavy atom. The van der Waals surface area contributed by atoms with Gasteiger partial charge in [-0.25, -0.2) is 0 Å². The summed E-state index contributed by atoms with van der Waals surface area (Å²) in [5.41, 5.74) is 0.874. The molecule has 0 saturated carbocycles. The Kier molecular flexibility index (Phi) is 4.24. The fourth-order valence-electron chi connectivity index (χ4n) is 2.95. The fourth-order valence-corrected chi connectivity index (χ4v) is 3.18. The SMILES string of the molecule is CC1(C)OB(c2cc(Cl)cc(N3CCCCC3=O)c2)OC1(C)C. The first-order valence-electron chi connectivity index (χ1n) is 8.16. The Balaban J connectivity index is 1.91. The van der Waals surface area contributed by atoms with Crippen LogP contribution in [0.25, 0.3) is 0 Å². The fraction of sp³-hybridized carbons (Fsp3) is 0.588. The lowest BCUT2D eigenvalue weighted by molar-refractivity contribution is -0.119. The summed E-state index contributed by atoms with van der Waals surface area (Å²) in [4.78, 5) is 14.0. The minimum Gasteiger partial charge on any atom is -0.399 e. The van der Waals surface area contributed by atoms with Gasteiger partial charge in [-0.3, -0.25) is 4.79 Å². The van der Waals surface area contributed by atoms with Gasteiger partial charge in [0, 0.05) is 23.7 Å². The zero-order valence-corrected chi connectivity index (χ0v) is 14.9. The summed E-state index contributed by atoms with van der Waals surface area (Å²) in [6.07, 6.45) is 2.57. The van der Waals surface area contributed by atoms with Crippen molar-refractivity contribution in [1.29, 1.82) is 0 Å². The van der Waals surface area contributed by atoms with Crippen LogP contribution in [-0.4, -0.2) is 30.8 Å². The summed E-state index contributed by atoms with van der Waals surface area (Å²) in [5.74, 6) is 0.151. The van der Waals surface area contributed by atoms with Gasteiger partial charge >= 0.3 is 7.12 Å². The third-order valence-electron chi connectivity index (χ3n) is 5.07. The molecule has 0 N–H and O–H groups in total. The average Bonchev–Trinajstić information content (AvgIpc) is 2.67. The van der Waals surface area contributed by atoms with Gasteiger partial charge in [-0.1, -0.05) is 11.6 Å². The Morgan fingerprint density at radius 1 is 1.09 bits per heavy atom. The molecule has 0 atom stereocenters. The number of amides is 1. The first kappa shape index (κ1) is 16.8. The minimum atomic E-state index is -0.475. The molecule has 1 aromatic carbocycles. The molecule has 6 heteroatoms. The van der Waals surface area contributed by atoms with Gasteiger partial charge in [0.25, 0.3) is 0 Å². The zero-order valence-electron chi connectivity index (χ0n) is 14.2. The maximum atomic E-state index is 12.2. The summed E-state index contributed by atoms with van der Waals surface area (Å²) in [5, 5.41) is 0.589. The lowest BCUT2D eigenvalue weighted by atomic mass is 9.79. The number of nitrogens with zero attached hydrogens (tertiary/aromatic N) is 1. The number of carbonyl (C=O) groups is 1. The zero-order chi connectivity index (χ0) is 16.8. The average molecular weight is 336 g/mol. The molecule has 0 bridgehead atoms. The summed E-state index contributed by atoms with van der Waals surface area (Å²) >= 11 is 6.29. The van der Waals surface area contributed by atoms with Crippen molar-refractivity contribution in [3.05, 3.63) is 23.2 Å². The molecular weight excluding hydrogens is 312 g/mol. The standard InChI is InChI=1S/C17H23BClNO3/c1-16(2)17(3,4)23-18(22-16)12-9-13(19)11-14(10-12)20-8-6-5-7-15(20)21/h9-11H,5-8H2,1-4H3. The van der Waals surface area contributed by atoms with Crippen LogP contribution in [0.15, 0.2) is 18.2 Å². The molecule has 2 heterocycles. The molecule has 1 aromatic rings. The first-order chi connectivity index (χ1) is 10.7. The molecule has 3 rings (SSSR count). The topological polar surface area (TPSA) is 38.8 Å². The largest absolute Gasteiger partial charge is 0.494 e. The molecule has 2 aliphatic heterocycles. The smallest absolute Gasteiger partial charge is 0.399 e. The van der Waals surface area contributed by atoms with Gasteiger partial charge in [0.05, 0.1) is 11.2 Å². The van der Waals surface area contributed by atoms with E-state index in [-0.39, 0.29) is 5.91 Å². The van der Waals surface area contributed by atoms with Gasteiger partial charge < -0.3 is 14.2 Å². The van der Waals surface area contributed by atoms with Crippen LogP contribution in [0, 0.1) is 0 Å². The second-order valence-corrected chi connectivity index (χ2v) is 7.77. The van der Waals surface area contributed by atoms with Crippen molar-refractivity contribution in [1.82, 2.24) is 0 Å². The summed E-state index contributed by atoms with van der Waals surface area (Å²) in [7, 11) is -0.475. The highest BCUT2D eigenvalue weighted by Crippen LogP contribution is 2.37. The van der Waals surface area contributed by atoms with Gasteiger partial charge in [-0.2, -0.15) is 0 Å². The van der Waals surface area contributed by atoms with Crippen molar-refractivity contribution in [2.75, 3.05) is 11.4 Å². The van der Waals surface area contributed by atoms with Crippen molar-refractivity contribution < 1.29 is 14.1 Å². The maximum absolute atomic E-state index is 12.2. The molecule has 4 nitrogen and oxygen atoms in total. The molecular formula is C17H23BClNO3. The Morgan fingerprint density at radius 2 is 1.74 bits per heavy atom. The highest BCUT2D eigenvalue weighted by atomic mass is 35.5. The highest BCUT2D eigenvalue weighted by Gasteiger charge is 2.51. The summed E-state index contributed by atoms with van der Waals surface area (Å²) in [6.45, 7) is 8.82. The number of anilines is 1. The third-order valence-corrected chi connectivity index (χ3v) is 5.28. The number of rotatable bonds is 2. The first-order valence-corrected chi connectivity index (χ1v) is 8.54. The second-order valence-electron chi connectivity index (χ2n) is 7.33. The molecule has 0 aliphatic carbocycles. The number of piperidine rings is 1. The molecule has 23 heavy (non-hydrogen) atoms. The van der Waals surface area contributed by atoms with Crippen LogP contribution in [0.4, 0.5) is 5.69 Å². The number of halogens is 1. The van der Waals surface area contributed by atoms with Crippen LogP contribution >= 0.6 is 11.6 Å². The quantitative estimate of drug-likeness (QED) is 0.779. The van der Waals surface area contributed by atoms with Crippen molar-refractivity contribution >= 4 is 35.8 Å². The van der Waals surface area contributed by atoms with E-state index in [9.17, 15) is 4.79 Å². The number of carbonyl (C=O) groups excluding carboxylic acids is 1. The van der Waals surface area contributed by atoms with Crippen LogP contribution in [0.3, 0.4) is 0 Å². The monoisotopic (exact) mass is 335 g/mol. The van der Waals surface area contributed by atoms with Crippen molar-refractivity contribution in [2.24, 2.45) is 0 Å². The Labute approximate surface area is 143 Å². The molecule has 124 valence electrons. The van der Waals surface area contributed by atoms with E-state index in [2.05, 4.69) is 0 Å². The van der Waals surface area contributed by atoms with Gasteiger partial charge in [-0.05, 0) is 64.2 Å². The molecule has 0 aromatic heterocycles.